The molecule has 148 valence electrons. The van der Waals surface area contributed by atoms with Crippen molar-refractivity contribution in [2.24, 2.45) is 5.92 Å². The summed E-state index contributed by atoms with van der Waals surface area (Å²) in [4.78, 5) is 0. The number of hydrogen-bond donors (Lipinski definition) is 2. The summed E-state index contributed by atoms with van der Waals surface area (Å²) in [7, 11) is 0. The molecule has 2 aromatic carbocycles. The Morgan fingerprint density at radius 2 is 1.44 bits per heavy atom. The van der Waals surface area contributed by atoms with Gasteiger partial charge in [0.1, 0.15) is 0 Å². The van der Waals surface area contributed by atoms with E-state index >= 15 is 0 Å². The largest absolute Gasteiger partial charge is 0.396 e. The molecule has 0 fully saturated rings. The topological polar surface area (TPSA) is 40.5 Å². The van der Waals surface area contributed by atoms with Gasteiger partial charge in [-0.25, -0.2) is 0 Å². The zero-order valence-electron chi connectivity index (χ0n) is 17.1. The summed E-state index contributed by atoms with van der Waals surface area (Å²) >= 11 is 0. The Hall–Kier alpha value is -1.64. The molecule has 0 aromatic heterocycles. The molecule has 2 nitrogen and oxygen atoms in total. The number of aliphatic hydroxyl groups excluding tert-OH is 2. The van der Waals surface area contributed by atoms with Gasteiger partial charge in [0.05, 0.1) is 0 Å². The van der Waals surface area contributed by atoms with E-state index in [1.165, 1.54) is 53.5 Å². The van der Waals surface area contributed by atoms with E-state index in [2.05, 4.69) is 56.3 Å². The molecule has 0 radical (unpaired) electrons. The highest BCUT2D eigenvalue weighted by molar-refractivity contribution is 5.68. The van der Waals surface area contributed by atoms with Crippen LogP contribution in [-0.2, 0) is 19.3 Å². The highest BCUT2D eigenvalue weighted by Crippen LogP contribution is 2.27. The van der Waals surface area contributed by atoms with Crippen LogP contribution in [0.3, 0.4) is 0 Å². The third-order valence-electron chi connectivity index (χ3n) is 5.48. The molecule has 0 aliphatic carbocycles. The van der Waals surface area contributed by atoms with Crippen molar-refractivity contribution in [2.75, 3.05) is 13.2 Å². The van der Waals surface area contributed by atoms with Gasteiger partial charge in [0, 0.05) is 19.1 Å². The summed E-state index contributed by atoms with van der Waals surface area (Å²) in [5.74, 6) is 0.0192. The van der Waals surface area contributed by atoms with Crippen LogP contribution in [0.25, 0.3) is 11.1 Å². The number of hydrogen-bond acceptors (Lipinski definition) is 2. The van der Waals surface area contributed by atoms with Crippen molar-refractivity contribution >= 4 is 0 Å². The van der Waals surface area contributed by atoms with Gasteiger partial charge in [0.15, 0.2) is 0 Å². The molecule has 0 unspecified atom stereocenters. The second kappa shape index (κ2) is 11.9. The molecule has 0 spiro atoms. The van der Waals surface area contributed by atoms with Crippen LogP contribution >= 0.6 is 0 Å². The lowest BCUT2D eigenvalue weighted by Gasteiger charge is -2.13. The van der Waals surface area contributed by atoms with Crippen LogP contribution in [0, 0.1) is 5.92 Å². The average molecular weight is 369 g/mol. The van der Waals surface area contributed by atoms with Crippen molar-refractivity contribution in [3.63, 3.8) is 0 Å². The Bertz CT molecular complexity index is 657. The number of benzene rings is 2. The third-order valence-corrected chi connectivity index (χ3v) is 5.48. The summed E-state index contributed by atoms with van der Waals surface area (Å²) in [5.41, 5.74) is 6.82. The first kappa shape index (κ1) is 21.7. The molecule has 0 saturated carbocycles. The molecular weight excluding hydrogens is 332 g/mol. The average Bonchev–Trinajstić information content (AvgIpc) is 2.72. The van der Waals surface area contributed by atoms with Crippen molar-refractivity contribution in [1.29, 1.82) is 0 Å². The van der Waals surface area contributed by atoms with Gasteiger partial charge in [-0.05, 0) is 66.3 Å². The Balaban J connectivity index is 2.02. The molecule has 2 heteroatoms. The fourth-order valence-electron chi connectivity index (χ4n) is 3.64. The van der Waals surface area contributed by atoms with Crippen molar-refractivity contribution in [3.05, 3.63) is 59.2 Å². The minimum absolute atomic E-state index is 0.0192. The van der Waals surface area contributed by atoms with Crippen molar-refractivity contribution < 1.29 is 10.2 Å². The van der Waals surface area contributed by atoms with E-state index in [0.29, 0.717) is 0 Å². The SMILES string of the molecule is CCCCCc1ccc(-c2ccc(CCCC(CO)CO)cc2CC)cc1. The second-order valence-electron chi connectivity index (χ2n) is 7.62. The standard InChI is InChI=1S/C25H36O2/c1-3-5-6-8-20-11-14-24(15-12-20)25-16-13-21(17-23(25)4-2)9-7-10-22(18-26)19-27/h11-17,22,26-27H,3-10,18-19H2,1-2H3. The van der Waals surface area contributed by atoms with Crippen LogP contribution in [0.1, 0.15) is 62.6 Å². The quantitative estimate of drug-likeness (QED) is 0.481. The molecule has 0 aliphatic rings. The van der Waals surface area contributed by atoms with Gasteiger partial charge in [-0.15, -0.1) is 0 Å². The number of aliphatic hydroxyl groups is 2. The van der Waals surface area contributed by atoms with Crippen molar-refractivity contribution in [1.82, 2.24) is 0 Å². The van der Waals surface area contributed by atoms with Crippen molar-refractivity contribution in [2.45, 2.75) is 65.2 Å². The molecule has 0 saturated heterocycles. The summed E-state index contributed by atoms with van der Waals surface area (Å²) in [6.07, 6.45) is 8.92. The first-order valence-corrected chi connectivity index (χ1v) is 10.6. The predicted octanol–water partition coefficient (Wildman–Crippen LogP) is 5.57. The maximum atomic E-state index is 9.19. The van der Waals surface area contributed by atoms with E-state index in [1.54, 1.807) is 0 Å². The summed E-state index contributed by atoms with van der Waals surface area (Å²) in [6.45, 7) is 4.61. The molecule has 2 N–H and O–H groups in total. The maximum Gasteiger partial charge on any atom is 0.0481 e. The molecule has 0 heterocycles. The van der Waals surface area contributed by atoms with Crippen LogP contribution < -0.4 is 0 Å². The summed E-state index contributed by atoms with van der Waals surface area (Å²) < 4.78 is 0. The minimum atomic E-state index is 0.0192. The zero-order chi connectivity index (χ0) is 19.5. The first-order chi connectivity index (χ1) is 13.2. The Morgan fingerprint density at radius 3 is 2.07 bits per heavy atom. The van der Waals surface area contributed by atoms with Gasteiger partial charge >= 0.3 is 0 Å². The first-order valence-electron chi connectivity index (χ1n) is 10.6. The second-order valence-corrected chi connectivity index (χ2v) is 7.62. The highest BCUT2D eigenvalue weighted by atomic mass is 16.3. The maximum absolute atomic E-state index is 9.19. The van der Waals surface area contributed by atoms with Crippen LogP contribution in [0.2, 0.25) is 0 Å². The van der Waals surface area contributed by atoms with Crippen LogP contribution in [0.4, 0.5) is 0 Å². The van der Waals surface area contributed by atoms with Crippen LogP contribution in [-0.4, -0.2) is 23.4 Å². The Labute approximate surface area is 165 Å². The summed E-state index contributed by atoms with van der Waals surface area (Å²) in [6, 6.07) is 15.9. The molecule has 0 aliphatic heterocycles. The Kier molecular flexibility index (Phi) is 9.58. The van der Waals surface area contributed by atoms with Gasteiger partial charge in [0.2, 0.25) is 0 Å². The van der Waals surface area contributed by atoms with Gasteiger partial charge in [0.25, 0.3) is 0 Å². The van der Waals surface area contributed by atoms with Gasteiger partial charge in [-0.3, -0.25) is 0 Å². The van der Waals surface area contributed by atoms with E-state index in [1.807, 2.05) is 0 Å². The molecule has 0 bridgehead atoms. The monoisotopic (exact) mass is 368 g/mol. The Morgan fingerprint density at radius 1 is 0.778 bits per heavy atom. The highest BCUT2D eigenvalue weighted by Gasteiger charge is 2.08. The lowest BCUT2D eigenvalue weighted by atomic mass is 9.93. The van der Waals surface area contributed by atoms with E-state index in [-0.39, 0.29) is 19.1 Å². The van der Waals surface area contributed by atoms with Gasteiger partial charge in [-0.1, -0.05) is 69.2 Å². The van der Waals surface area contributed by atoms with E-state index in [9.17, 15) is 10.2 Å². The minimum Gasteiger partial charge on any atom is -0.396 e. The number of aryl methyl sites for hydroxylation is 3. The van der Waals surface area contributed by atoms with Crippen molar-refractivity contribution in [3.8, 4) is 11.1 Å². The lowest BCUT2D eigenvalue weighted by molar-refractivity contribution is 0.142. The van der Waals surface area contributed by atoms with Gasteiger partial charge in [-0.2, -0.15) is 0 Å². The lowest BCUT2D eigenvalue weighted by Crippen LogP contribution is -2.11. The fraction of sp³-hybridized carbons (Fsp3) is 0.520. The smallest absolute Gasteiger partial charge is 0.0481 e. The third kappa shape index (κ3) is 6.79. The normalized spacial score (nSPS) is 11.3. The molecule has 2 rings (SSSR count). The molecule has 0 amide bonds. The van der Waals surface area contributed by atoms with E-state index in [4.69, 9.17) is 0 Å². The molecule has 0 atom stereocenters. The number of unbranched alkanes of at least 4 members (excludes halogenated alkanes) is 2. The molecule has 27 heavy (non-hydrogen) atoms. The van der Waals surface area contributed by atoms with Gasteiger partial charge < -0.3 is 10.2 Å². The predicted molar refractivity (Wildman–Crippen MR) is 115 cm³/mol. The summed E-state index contributed by atoms with van der Waals surface area (Å²) in [5, 5.41) is 18.4. The van der Waals surface area contributed by atoms with Crippen LogP contribution in [0.5, 0.6) is 0 Å². The fourth-order valence-corrected chi connectivity index (χ4v) is 3.64. The van der Waals surface area contributed by atoms with Crippen LogP contribution in [0.15, 0.2) is 42.5 Å². The van der Waals surface area contributed by atoms with E-state index < -0.39 is 0 Å². The molecular formula is C25H36O2. The number of rotatable bonds is 12. The zero-order valence-corrected chi connectivity index (χ0v) is 17.1. The molecule has 2 aromatic rings. The van der Waals surface area contributed by atoms with E-state index in [0.717, 1.165) is 25.7 Å².